The topological polar surface area (TPSA) is 140 Å². The van der Waals surface area contributed by atoms with Gasteiger partial charge < -0.3 is 39.4 Å². The summed E-state index contributed by atoms with van der Waals surface area (Å²) >= 11 is 0. The number of aliphatic hydroxyl groups is 2. The van der Waals surface area contributed by atoms with E-state index in [9.17, 15) is 29.7 Å². The number of carbonyl (C=O) groups is 3. The van der Waals surface area contributed by atoms with Crippen molar-refractivity contribution in [2.75, 3.05) is 14.2 Å². The molecule has 2 aromatic rings. The standard InChI is InChI=1S/C19H23NO3.C16H17NO5.Na/c1-4-5-9-16-15(13-7-6-8-14(10-13)23-3)11-17-18(12(2)21)19(22)20(16)17;1-8(18)13-12-7-11(9-4-3-5-10(6-9)22-2)14(16(20)21)17(12)15(13)19;/h4,6-8,10,12,17-18,21H,1,5,9,11H2,2-3H3;3-6,8,12-13,18H,7H2,1-2H3,(H,20,21);/q;;+1/p-1/t12-,17-,18-;8-,12-,13-;/m11./s1. The Morgan fingerprint density at radius 2 is 1.39 bits per heavy atom. The van der Waals surface area contributed by atoms with Crippen molar-refractivity contribution in [1.29, 1.82) is 0 Å². The predicted molar refractivity (Wildman–Crippen MR) is 165 cm³/mol. The maximum atomic E-state index is 12.4. The monoisotopic (exact) mass is 638 g/mol. The number of ether oxygens (including phenoxy) is 2. The first-order chi connectivity index (χ1) is 21.5. The van der Waals surface area contributed by atoms with Crippen LogP contribution in [0.3, 0.4) is 0 Å². The maximum absolute atomic E-state index is 12.4. The molecule has 0 aliphatic carbocycles. The van der Waals surface area contributed by atoms with Crippen molar-refractivity contribution in [3.8, 4) is 11.5 Å². The first-order valence-corrected chi connectivity index (χ1v) is 15.1. The van der Waals surface area contributed by atoms with Crippen LogP contribution in [0.2, 0.25) is 0 Å². The summed E-state index contributed by atoms with van der Waals surface area (Å²) < 4.78 is 10.5. The van der Waals surface area contributed by atoms with Gasteiger partial charge in [-0.15, -0.1) is 6.58 Å². The van der Waals surface area contributed by atoms with E-state index in [1.54, 1.807) is 45.2 Å². The number of hydrogen-bond acceptors (Lipinski definition) is 8. The van der Waals surface area contributed by atoms with E-state index in [-0.39, 0.29) is 65.1 Å². The molecule has 6 atom stereocenters. The molecule has 46 heavy (non-hydrogen) atoms. The normalized spacial score (nSPS) is 24.0. The Labute approximate surface area is 291 Å². The van der Waals surface area contributed by atoms with E-state index in [4.69, 9.17) is 9.47 Å². The third kappa shape index (κ3) is 6.29. The zero-order chi connectivity index (χ0) is 32.6. The Balaban J connectivity index is 0.000000205. The number of aliphatic carboxylic acids is 1. The summed E-state index contributed by atoms with van der Waals surface area (Å²) in [6.45, 7) is 7.03. The Morgan fingerprint density at radius 1 is 0.913 bits per heavy atom. The first kappa shape index (κ1) is 35.4. The molecule has 2 fully saturated rings. The second-order valence-electron chi connectivity index (χ2n) is 11.8. The molecule has 2 N–H and O–H groups in total. The van der Waals surface area contributed by atoms with Crippen LogP contribution in [0, 0.1) is 11.8 Å². The number of β-lactam (4-membered cyclic amide) rings is 2. The fourth-order valence-corrected chi connectivity index (χ4v) is 7.05. The maximum Gasteiger partial charge on any atom is 1.00 e. The fourth-order valence-electron chi connectivity index (χ4n) is 7.05. The number of carboxylic acid groups (broad SMARTS) is 1. The molecule has 4 aliphatic heterocycles. The third-order valence-corrected chi connectivity index (χ3v) is 9.18. The Hall–Kier alpha value is -3.41. The van der Waals surface area contributed by atoms with Gasteiger partial charge in [-0.25, -0.2) is 0 Å². The van der Waals surface area contributed by atoms with Crippen LogP contribution in [0.25, 0.3) is 11.1 Å². The van der Waals surface area contributed by atoms with Gasteiger partial charge in [0.1, 0.15) is 11.5 Å². The molecule has 238 valence electrons. The average molecular weight is 639 g/mol. The number of benzene rings is 2. The van der Waals surface area contributed by atoms with E-state index in [2.05, 4.69) is 12.6 Å². The van der Waals surface area contributed by atoms with Crippen molar-refractivity contribution in [2.24, 2.45) is 11.8 Å². The summed E-state index contributed by atoms with van der Waals surface area (Å²) in [4.78, 5) is 39.2. The van der Waals surface area contributed by atoms with Gasteiger partial charge in [0.2, 0.25) is 11.8 Å². The number of carboxylic acids is 1. The number of rotatable bonds is 10. The molecule has 10 nitrogen and oxygen atoms in total. The van der Waals surface area contributed by atoms with Crippen LogP contribution in [0.4, 0.5) is 0 Å². The molecule has 11 heteroatoms. The second-order valence-corrected chi connectivity index (χ2v) is 11.8. The van der Waals surface area contributed by atoms with E-state index in [0.717, 1.165) is 36.3 Å². The van der Waals surface area contributed by atoms with Crippen molar-refractivity contribution >= 4 is 28.9 Å². The van der Waals surface area contributed by atoms with Gasteiger partial charge in [0.05, 0.1) is 62.0 Å². The minimum atomic E-state index is -1.38. The molecule has 0 spiro atoms. The largest absolute Gasteiger partial charge is 1.00 e. The summed E-state index contributed by atoms with van der Waals surface area (Å²) in [6, 6.07) is 14.7. The number of amides is 2. The van der Waals surface area contributed by atoms with Crippen LogP contribution in [-0.2, 0) is 14.4 Å². The van der Waals surface area contributed by atoms with Gasteiger partial charge in [-0.1, -0.05) is 30.3 Å². The quantitative estimate of drug-likeness (QED) is 0.207. The van der Waals surface area contributed by atoms with Gasteiger partial charge in [0.15, 0.2) is 0 Å². The summed E-state index contributed by atoms with van der Waals surface area (Å²) in [5.41, 5.74) is 4.48. The molecule has 0 aromatic heterocycles. The van der Waals surface area contributed by atoms with Gasteiger partial charge in [-0.2, -0.15) is 0 Å². The smallest absolute Gasteiger partial charge is 0.543 e. The average Bonchev–Trinajstić information content (AvgIpc) is 3.53. The molecule has 4 aliphatic rings. The first-order valence-electron chi connectivity index (χ1n) is 15.1. The number of allylic oxidation sites excluding steroid dienone is 2. The van der Waals surface area contributed by atoms with Gasteiger partial charge in [-0.05, 0) is 86.1 Å². The van der Waals surface area contributed by atoms with Gasteiger partial charge in [0, 0.05) is 5.70 Å². The van der Waals surface area contributed by atoms with Crippen LogP contribution in [0.15, 0.2) is 72.6 Å². The van der Waals surface area contributed by atoms with E-state index in [0.29, 0.717) is 23.3 Å². The zero-order valence-corrected chi connectivity index (χ0v) is 28.9. The van der Waals surface area contributed by atoms with E-state index in [1.165, 1.54) is 17.6 Å². The minimum Gasteiger partial charge on any atom is -0.543 e. The summed E-state index contributed by atoms with van der Waals surface area (Å²) in [6.07, 6.45) is 3.28. The Bertz CT molecular complexity index is 1580. The summed E-state index contributed by atoms with van der Waals surface area (Å²) in [5.74, 6) is -1.12. The minimum absolute atomic E-state index is 0. The molecule has 6 rings (SSSR count). The van der Waals surface area contributed by atoms with Crippen molar-refractivity contribution in [1.82, 2.24) is 9.80 Å². The van der Waals surface area contributed by atoms with E-state index in [1.807, 2.05) is 29.2 Å². The molecule has 0 unspecified atom stereocenters. The van der Waals surface area contributed by atoms with E-state index < -0.39 is 24.1 Å². The molecule has 0 saturated carbocycles. The number of hydrogen-bond donors (Lipinski definition) is 2. The third-order valence-electron chi connectivity index (χ3n) is 9.18. The molecule has 4 heterocycles. The van der Waals surface area contributed by atoms with Gasteiger partial charge >= 0.3 is 29.6 Å². The molecular formula is C35H39N2NaO8. The van der Waals surface area contributed by atoms with Crippen molar-refractivity contribution in [3.05, 3.63) is 83.7 Å². The van der Waals surface area contributed by atoms with Crippen LogP contribution in [0.5, 0.6) is 11.5 Å². The van der Waals surface area contributed by atoms with Gasteiger partial charge in [-0.3, -0.25) is 9.59 Å². The van der Waals surface area contributed by atoms with E-state index >= 15 is 0 Å². The fraction of sp³-hybridized carbons (Fsp3) is 0.400. The van der Waals surface area contributed by atoms with Crippen LogP contribution < -0.4 is 44.1 Å². The van der Waals surface area contributed by atoms with Crippen molar-refractivity contribution < 1.29 is 68.7 Å². The SMILES string of the molecule is C=CCCC1=C(c2cccc(OC)c2)C[C@@H]2[C@@H]([C@@H](C)O)C(=O)N12.COc1cccc(C2=C(C(=O)[O-])N3C(=O)[C@H]([C@@H](C)O)[C@H]3C2)c1.[Na+]. The second kappa shape index (κ2) is 14.6. The molecule has 0 radical (unpaired) electrons. The zero-order valence-electron chi connectivity index (χ0n) is 26.9. The molecule has 2 aromatic carbocycles. The number of nitrogens with zero attached hydrogens (tertiary/aromatic N) is 2. The molecule has 0 bridgehead atoms. The van der Waals surface area contributed by atoms with Crippen LogP contribution >= 0.6 is 0 Å². The van der Waals surface area contributed by atoms with Crippen LogP contribution in [0.1, 0.15) is 50.7 Å². The molecular weight excluding hydrogens is 599 g/mol. The number of fused-ring (bicyclic) bond motifs is 2. The molecule has 2 amide bonds. The number of methoxy groups -OCH3 is 2. The predicted octanol–water partition coefficient (Wildman–Crippen LogP) is -0.244. The number of aliphatic hydroxyl groups excluding tert-OH is 2. The summed E-state index contributed by atoms with van der Waals surface area (Å²) in [5, 5.41) is 31.1. The Kier molecular flexibility index (Phi) is 11.2. The van der Waals surface area contributed by atoms with Crippen molar-refractivity contribution in [2.45, 2.75) is 63.8 Å². The summed E-state index contributed by atoms with van der Waals surface area (Å²) in [7, 11) is 3.18. The number of carbonyl (C=O) groups excluding carboxylic acids is 3. The van der Waals surface area contributed by atoms with Crippen LogP contribution in [-0.4, -0.2) is 76.3 Å². The van der Waals surface area contributed by atoms with Crippen molar-refractivity contribution in [3.63, 3.8) is 0 Å². The Morgan fingerprint density at radius 3 is 1.87 bits per heavy atom. The van der Waals surface area contributed by atoms with Gasteiger partial charge in [0.25, 0.3) is 0 Å². The molecule has 2 saturated heterocycles.